The molecule has 0 amide bonds. The molecule has 1 aromatic rings. The van der Waals surface area contributed by atoms with Gasteiger partial charge < -0.3 is 14.2 Å². The highest BCUT2D eigenvalue weighted by Gasteiger charge is 2.07. The molecule has 1 aromatic carbocycles. The summed E-state index contributed by atoms with van der Waals surface area (Å²) in [5.74, 6) is 0.524. The van der Waals surface area contributed by atoms with Crippen LogP contribution in [0.5, 0.6) is 11.5 Å². The maximum atomic E-state index is 11.2. The molecule has 94 valence electrons. The normalized spacial score (nSPS) is 9.83. The molecule has 0 radical (unpaired) electrons. The molecule has 0 aliphatic carbocycles. The highest BCUT2D eigenvalue weighted by atomic mass is 16.5. The Labute approximate surface area is 105 Å². The zero-order chi connectivity index (χ0) is 13.4. The zero-order valence-electron chi connectivity index (χ0n) is 10.2. The number of esters is 1. The molecule has 0 aromatic heterocycles. The van der Waals surface area contributed by atoms with Crippen LogP contribution in [0.2, 0.25) is 0 Å². The quantitative estimate of drug-likeness (QED) is 0.586. The first kappa shape index (κ1) is 13.6. The number of ether oxygens (including phenoxy) is 3. The Hall–Kier alpha value is -2.48. The largest absolute Gasteiger partial charge is 0.493 e. The van der Waals surface area contributed by atoms with Crippen molar-refractivity contribution >= 4 is 12.0 Å². The molecule has 5 heteroatoms. The number of carbonyl (C=O) groups is 1. The number of hydrogen-bond donors (Lipinski definition) is 0. The van der Waals surface area contributed by atoms with Gasteiger partial charge in [-0.15, -0.1) is 0 Å². The van der Waals surface area contributed by atoms with Crippen LogP contribution in [0.15, 0.2) is 24.3 Å². The molecule has 18 heavy (non-hydrogen) atoms. The maximum absolute atomic E-state index is 11.2. The van der Waals surface area contributed by atoms with Crippen molar-refractivity contribution in [2.45, 2.75) is 0 Å². The van der Waals surface area contributed by atoms with Gasteiger partial charge in [0.15, 0.2) is 18.1 Å². The molecule has 0 fully saturated rings. The number of nitrogens with zero attached hydrogens (tertiary/aromatic N) is 1. The monoisotopic (exact) mass is 247 g/mol. The lowest BCUT2D eigenvalue weighted by atomic mass is 10.1. The second kappa shape index (κ2) is 6.97. The van der Waals surface area contributed by atoms with Crippen molar-refractivity contribution in [1.29, 1.82) is 5.26 Å². The van der Waals surface area contributed by atoms with Crippen LogP contribution in [0.1, 0.15) is 5.56 Å². The van der Waals surface area contributed by atoms with Crippen LogP contribution >= 0.6 is 0 Å². The van der Waals surface area contributed by atoms with Gasteiger partial charge in [0.05, 0.1) is 14.2 Å². The van der Waals surface area contributed by atoms with Gasteiger partial charge >= 0.3 is 5.97 Å². The van der Waals surface area contributed by atoms with Crippen molar-refractivity contribution in [1.82, 2.24) is 0 Å². The predicted molar refractivity (Wildman–Crippen MR) is 65.2 cm³/mol. The molecule has 0 saturated heterocycles. The van der Waals surface area contributed by atoms with Gasteiger partial charge in [-0.3, -0.25) is 0 Å². The van der Waals surface area contributed by atoms with Crippen molar-refractivity contribution in [3.8, 4) is 17.6 Å². The third-order valence-corrected chi connectivity index (χ3v) is 2.11. The van der Waals surface area contributed by atoms with Crippen LogP contribution < -0.4 is 9.47 Å². The third-order valence-electron chi connectivity index (χ3n) is 2.11. The Balaban J connectivity index is 2.87. The lowest BCUT2D eigenvalue weighted by Crippen LogP contribution is -2.00. The highest BCUT2D eigenvalue weighted by molar-refractivity contribution is 5.87. The maximum Gasteiger partial charge on any atom is 0.331 e. The summed E-state index contributed by atoms with van der Waals surface area (Å²) in [5, 5.41) is 8.26. The Morgan fingerprint density at radius 2 is 2.17 bits per heavy atom. The first-order chi connectivity index (χ1) is 8.72. The van der Waals surface area contributed by atoms with Gasteiger partial charge in [-0.2, -0.15) is 5.26 Å². The second-order valence-corrected chi connectivity index (χ2v) is 3.18. The lowest BCUT2D eigenvalue weighted by Gasteiger charge is -2.09. The topological polar surface area (TPSA) is 68.5 Å². The number of methoxy groups -OCH3 is 2. The van der Waals surface area contributed by atoms with Crippen molar-refractivity contribution in [2.24, 2.45) is 0 Å². The van der Waals surface area contributed by atoms with Crippen LogP contribution in [-0.2, 0) is 9.53 Å². The predicted octanol–water partition coefficient (Wildman–Crippen LogP) is 1.78. The van der Waals surface area contributed by atoms with Gasteiger partial charge in [-0.05, 0) is 12.1 Å². The number of benzene rings is 1. The highest BCUT2D eigenvalue weighted by Crippen LogP contribution is 2.31. The minimum absolute atomic E-state index is 0.265. The third kappa shape index (κ3) is 3.52. The fraction of sp³-hybridized carbons (Fsp3) is 0.231. The smallest absolute Gasteiger partial charge is 0.331 e. The summed E-state index contributed by atoms with van der Waals surface area (Å²) in [5.41, 5.74) is 0.686. The van der Waals surface area contributed by atoms with Gasteiger partial charge in [-0.1, -0.05) is 12.1 Å². The Kier molecular flexibility index (Phi) is 5.26. The SMILES string of the molecule is COc1cccc(C=CC(=O)OCC#N)c1OC. The summed E-state index contributed by atoms with van der Waals surface area (Å²) >= 11 is 0. The van der Waals surface area contributed by atoms with E-state index in [1.165, 1.54) is 20.3 Å². The van der Waals surface area contributed by atoms with E-state index in [9.17, 15) is 4.79 Å². The summed E-state index contributed by atoms with van der Waals surface area (Å²) < 4.78 is 14.9. The number of carbonyl (C=O) groups excluding carboxylic acids is 1. The molecule has 0 heterocycles. The lowest BCUT2D eigenvalue weighted by molar-refractivity contribution is -0.136. The standard InChI is InChI=1S/C13H13NO4/c1-16-11-5-3-4-10(13(11)17-2)6-7-12(15)18-9-8-14/h3-7H,9H2,1-2H3. The minimum Gasteiger partial charge on any atom is -0.493 e. The number of rotatable bonds is 5. The van der Waals surface area contributed by atoms with E-state index >= 15 is 0 Å². The fourth-order valence-electron chi connectivity index (χ4n) is 1.35. The van der Waals surface area contributed by atoms with E-state index in [0.717, 1.165) is 0 Å². The first-order valence-corrected chi connectivity index (χ1v) is 5.15. The average Bonchev–Trinajstić information content (AvgIpc) is 2.41. The number of para-hydroxylation sites is 1. The van der Waals surface area contributed by atoms with E-state index in [0.29, 0.717) is 17.1 Å². The van der Waals surface area contributed by atoms with Crippen molar-refractivity contribution in [3.05, 3.63) is 29.8 Å². The van der Waals surface area contributed by atoms with Crippen LogP contribution in [0.25, 0.3) is 6.08 Å². The van der Waals surface area contributed by atoms with Crippen LogP contribution in [0.4, 0.5) is 0 Å². The van der Waals surface area contributed by atoms with Crippen LogP contribution in [0.3, 0.4) is 0 Å². The Morgan fingerprint density at radius 1 is 1.39 bits per heavy atom. The summed E-state index contributed by atoms with van der Waals surface area (Å²) in [6, 6.07) is 7.02. The van der Waals surface area contributed by atoms with Gasteiger partial charge in [0.25, 0.3) is 0 Å². The molecular formula is C13H13NO4. The fourth-order valence-corrected chi connectivity index (χ4v) is 1.35. The second-order valence-electron chi connectivity index (χ2n) is 3.18. The van der Waals surface area contributed by atoms with Gasteiger partial charge in [0.1, 0.15) is 6.07 Å². The molecule has 5 nitrogen and oxygen atoms in total. The van der Waals surface area contributed by atoms with E-state index in [-0.39, 0.29) is 6.61 Å². The Morgan fingerprint density at radius 3 is 2.78 bits per heavy atom. The first-order valence-electron chi connectivity index (χ1n) is 5.15. The molecule has 0 aliphatic heterocycles. The molecule has 1 rings (SSSR count). The minimum atomic E-state index is -0.582. The van der Waals surface area contributed by atoms with Crippen LogP contribution in [0, 0.1) is 11.3 Å². The van der Waals surface area contributed by atoms with E-state index in [1.54, 1.807) is 30.3 Å². The summed E-state index contributed by atoms with van der Waals surface area (Å²) in [6.45, 7) is -0.265. The molecule has 0 spiro atoms. The van der Waals surface area contributed by atoms with E-state index < -0.39 is 5.97 Å². The van der Waals surface area contributed by atoms with E-state index in [1.807, 2.05) is 0 Å². The summed E-state index contributed by atoms with van der Waals surface area (Å²) in [6.07, 6.45) is 2.77. The number of nitriles is 1. The molecule has 0 bridgehead atoms. The average molecular weight is 247 g/mol. The van der Waals surface area contributed by atoms with Crippen molar-refractivity contribution in [2.75, 3.05) is 20.8 Å². The van der Waals surface area contributed by atoms with E-state index in [2.05, 4.69) is 4.74 Å². The van der Waals surface area contributed by atoms with Gasteiger partial charge in [0.2, 0.25) is 0 Å². The van der Waals surface area contributed by atoms with Crippen molar-refractivity contribution in [3.63, 3.8) is 0 Å². The molecule has 0 aliphatic rings. The van der Waals surface area contributed by atoms with E-state index in [4.69, 9.17) is 14.7 Å². The number of hydrogen-bond acceptors (Lipinski definition) is 5. The molecule has 0 atom stereocenters. The van der Waals surface area contributed by atoms with Gasteiger partial charge in [-0.25, -0.2) is 4.79 Å². The van der Waals surface area contributed by atoms with Gasteiger partial charge in [0, 0.05) is 11.6 Å². The molecular weight excluding hydrogens is 234 g/mol. The molecule has 0 saturated carbocycles. The Bertz CT molecular complexity index is 488. The molecule has 0 unspecified atom stereocenters. The van der Waals surface area contributed by atoms with Crippen LogP contribution in [-0.4, -0.2) is 26.8 Å². The summed E-state index contributed by atoms with van der Waals surface area (Å²) in [7, 11) is 3.05. The summed E-state index contributed by atoms with van der Waals surface area (Å²) in [4.78, 5) is 11.2. The zero-order valence-corrected chi connectivity index (χ0v) is 10.2. The van der Waals surface area contributed by atoms with Crippen molar-refractivity contribution < 1.29 is 19.0 Å². The molecule has 0 N–H and O–H groups in total.